The molecule has 0 unspecified atom stereocenters. The molecule has 2 aromatic carbocycles. The standard InChI is InChI=1S/C17H15FN2OS2/c18-13-5-3-4-12(10-13)8-9-19-16(21)11-22-17-20-14-6-1-2-7-15(14)23-17/h1-7,10H,8-9,11H2,(H,19,21). The van der Waals surface area contributed by atoms with Gasteiger partial charge < -0.3 is 5.32 Å². The number of benzene rings is 2. The summed E-state index contributed by atoms with van der Waals surface area (Å²) >= 11 is 3.03. The first kappa shape index (κ1) is 16.0. The zero-order chi connectivity index (χ0) is 16.1. The molecule has 0 aliphatic rings. The van der Waals surface area contributed by atoms with Gasteiger partial charge in [0.25, 0.3) is 0 Å². The Morgan fingerprint density at radius 2 is 2.09 bits per heavy atom. The maximum Gasteiger partial charge on any atom is 0.230 e. The van der Waals surface area contributed by atoms with Gasteiger partial charge in [-0.25, -0.2) is 9.37 Å². The minimum Gasteiger partial charge on any atom is -0.355 e. The summed E-state index contributed by atoms with van der Waals surface area (Å²) < 4.78 is 15.1. The normalized spacial score (nSPS) is 10.8. The fourth-order valence-corrected chi connectivity index (χ4v) is 4.03. The van der Waals surface area contributed by atoms with E-state index in [-0.39, 0.29) is 11.7 Å². The predicted molar refractivity (Wildman–Crippen MR) is 93.5 cm³/mol. The van der Waals surface area contributed by atoms with Crippen molar-refractivity contribution < 1.29 is 9.18 Å². The van der Waals surface area contributed by atoms with Crippen LogP contribution >= 0.6 is 23.1 Å². The lowest BCUT2D eigenvalue weighted by molar-refractivity contribution is -0.118. The van der Waals surface area contributed by atoms with Crippen LogP contribution in [0.1, 0.15) is 5.56 Å². The van der Waals surface area contributed by atoms with Gasteiger partial charge in [0.15, 0.2) is 4.34 Å². The SMILES string of the molecule is O=C(CSc1nc2ccccc2s1)NCCc1cccc(F)c1. The molecule has 0 saturated heterocycles. The number of para-hydroxylation sites is 1. The van der Waals surface area contributed by atoms with Crippen molar-refractivity contribution in [3.8, 4) is 0 Å². The Labute approximate surface area is 141 Å². The van der Waals surface area contributed by atoms with Crippen molar-refractivity contribution >= 4 is 39.2 Å². The van der Waals surface area contributed by atoms with Gasteiger partial charge in [-0.15, -0.1) is 11.3 Å². The predicted octanol–water partition coefficient (Wildman–Crippen LogP) is 3.89. The second-order valence-corrected chi connectivity index (χ2v) is 7.22. The molecule has 1 heterocycles. The van der Waals surface area contributed by atoms with E-state index in [1.54, 1.807) is 17.4 Å². The first-order chi connectivity index (χ1) is 11.2. The van der Waals surface area contributed by atoms with Gasteiger partial charge in [-0.1, -0.05) is 36.0 Å². The van der Waals surface area contributed by atoms with Crippen LogP contribution in [0.5, 0.6) is 0 Å². The van der Waals surface area contributed by atoms with Crippen molar-refractivity contribution in [2.24, 2.45) is 0 Å². The smallest absolute Gasteiger partial charge is 0.230 e. The molecular formula is C17H15FN2OS2. The van der Waals surface area contributed by atoms with Crippen LogP contribution in [0.25, 0.3) is 10.2 Å². The average molecular weight is 346 g/mol. The average Bonchev–Trinajstić information content (AvgIpc) is 2.96. The van der Waals surface area contributed by atoms with E-state index in [0.717, 1.165) is 20.1 Å². The first-order valence-corrected chi connectivity index (χ1v) is 9.00. The fourth-order valence-electron chi connectivity index (χ4n) is 2.13. The van der Waals surface area contributed by atoms with E-state index in [1.165, 1.54) is 23.9 Å². The topological polar surface area (TPSA) is 42.0 Å². The molecule has 0 spiro atoms. The summed E-state index contributed by atoms with van der Waals surface area (Å²) in [5, 5.41) is 2.85. The summed E-state index contributed by atoms with van der Waals surface area (Å²) in [5.74, 6) is 0.0501. The largest absolute Gasteiger partial charge is 0.355 e. The molecule has 0 radical (unpaired) electrons. The highest BCUT2D eigenvalue weighted by atomic mass is 32.2. The number of fused-ring (bicyclic) bond motifs is 1. The molecule has 3 rings (SSSR count). The Hall–Kier alpha value is -1.92. The van der Waals surface area contributed by atoms with Crippen molar-refractivity contribution in [3.63, 3.8) is 0 Å². The van der Waals surface area contributed by atoms with Crippen LogP contribution in [0.3, 0.4) is 0 Å². The molecule has 1 amide bonds. The van der Waals surface area contributed by atoms with E-state index in [4.69, 9.17) is 0 Å². The number of hydrogen-bond acceptors (Lipinski definition) is 4. The third-order valence-corrected chi connectivity index (χ3v) is 5.41. The molecule has 118 valence electrons. The summed E-state index contributed by atoms with van der Waals surface area (Å²) in [5.41, 5.74) is 1.84. The third-order valence-electron chi connectivity index (χ3n) is 3.23. The van der Waals surface area contributed by atoms with Crippen LogP contribution in [0.15, 0.2) is 52.9 Å². The third kappa shape index (κ3) is 4.53. The molecule has 0 bridgehead atoms. The molecule has 3 nitrogen and oxygen atoms in total. The van der Waals surface area contributed by atoms with Crippen LogP contribution in [-0.2, 0) is 11.2 Å². The van der Waals surface area contributed by atoms with Gasteiger partial charge in [0.2, 0.25) is 5.91 Å². The van der Waals surface area contributed by atoms with Crippen LogP contribution in [-0.4, -0.2) is 23.2 Å². The zero-order valence-corrected chi connectivity index (χ0v) is 13.9. The number of halogens is 1. The van der Waals surface area contributed by atoms with E-state index in [1.807, 2.05) is 30.3 Å². The summed E-state index contributed by atoms with van der Waals surface area (Å²) in [6.07, 6.45) is 0.620. The van der Waals surface area contributed by atoms with Gasteiger partial charge in [0, 0.05) is 6.54 Å². The summed E-state index contributed by atoms with van der Waals surface area (Å²) in [7, 11) is 0. The summed E-state index contributed by atoms with van der Waals surface area (Å²) in [4.78, 5) is 16.3. The molecule has 0 aliphatic carbocycles. The molecule has 3 aromatic rings. The quantitative estimate of drug-likeness (QED) is 0.689. The molecule has 0 fully saturated rings. The van der Waals surface area contributed by atoms with E-state index in [2.05, 4.69) is 10.3 Å². The van der Waals surface area contributed by atoms with Crippen molar-refractivity contribution in [1.29, 1.82) is 0 Å². The zero-order valence-electron chi connectivity index (χ0n) is 12.3. The molecule has 0 aliphatic heterocycles. The lowest BCUT2D eigenvalue weighted by Gasteiger charge is -2.04. The minimum absolute atomic E-state index is 0.0364. The van der Waals surface area contributed by atoms with Gasteiger partial charge in [0.05, 0.1) is 16.0 Å². The maximum atomic E-state index is 13.1. The number of aromatic nitrogens is 1. The van der Waals surface area contributed by atoms with Gasteiger partial charge in [-0.2, -0.15) is 0 Å². The number of thiazole rings is 1. The monoisotopic (exact) mass is 346 g/mol. The van der Waals surface area contributed by atoms with Gasteiger partial charge >= 0.3 is 0 Å². The highest BCUT2D eigenvalue weighted by molar-refractivity contribution is 8.01. The van der Waals surface area contributed by atoms with E-state index in [9.17, 15) is 9.18 Å². The minimum atomic E-state index is -0.250. The van der Waals surface area contributed by atoms with Crippen molar-refractivity contribution in [2.45, 2.75) is 10.8 Å². The van der Waals surface area contributed by atoms with Crippen LogP contribution < -0.4 is 5.32 Å². The second-order valence-electron chi connectivity index (χ2n) is 4.97. The van der Waals surface area contributed by atoms with E-state index in [0.29, 0.717) is 18.7 Å². The number of hydrogen-bond donors (Lipinski definition) is 1. The molecule has 1 N–H and O–H groups in total. The van der Waals surface area contributed by atoms with Crippen molar-refractivity contribution in [2.75, 3.05) is 12.3 Å². The molecule has 0 atom stereocenters. The number of carbonyl (C=O) groups excluding carboxylic acids is 1. The lowest BCUT2D eigenvalue weighted by Crippen LogP contribution is -2.27. The number of rotatable bonds is 6. The van der Waals surface area contributed by atoms with Gasteiger partial charge in [0.1, 0.15) is 5.82 Å². The van der Waals surface area contributed by atoms with E-state index >= 15 is 0 Å². The number of nitrogens with one attached hydrogen (secondary N) is 1. The molecule has 23 heavy (non-hydrogen) atoms. The highest BCUT2D eigenvalue weighted by Gasteiger charge is 2.07. The molecule has 1 aromatic heterocycles. The number of amides is 1. The first-order valence-electron chi connectivity index (χ1n) is 7.20. The number of carbonyl (C=O) groups is 1. The molecule has 0 saturated carbocycles. The van der Waals surface area contributed by atoms with E-state index < -0.39 is 0 Å². The fraction of sp³-hybridized carbons (Fsp3) is 0.176. The summed E-state index contributed by atoms with van der Waals surface area (Å²) in [6, 6.07) is 14.4. The lowest BCUT2D eigenvalue weighted by atomic mass is 10.1. The Kier molecular flexibility index (Phi) is 5.25. The number of nitrogens with zero attached hydrogens (tertiary/aromatic N) is 1. The van der Waals surface area contributed by atoms with Crippen LogP contribution in [0.2, 0.25) is 0 Å². The van der Waals surface area contributed by atoms with Crippen molar-refractivity contribution in [1.82, 2.24) is 10.3 Å². The molecular weight excluding hydrogens is 331 g/mol. The Bertz CT molecular complexity index is 786. The molecule has 6 heteroatoms. The van der Waals surface area contributed by atoms with Gasteiger partial charge in [-0.3, -0.25) is 4.79 Å². The maximum absolute atomic E-state index is 13.1. The van der Waals surface area contributed by atoms with Gasteiger partial charge in [-0.05, 0) is 36.2 Å². The summed E-state index contributed by atoms with van der Waals surface area (Å²) in [6.45, 7) is 0.503. The second kappa shape index (κ2) is 7.57. The van der Waals surface area contributed by atoms with Crippen molar-refractivity contribution in [3.05, 3.63) is 59.9 Å². The Morgan fingerprint density at radius 1 is 1.22 bits per heavy atom. The van der Waals surface area contributed by atoms with Crippen LogP contribution in [0.4, 0.5) is 4.39 Å². The Balaban J connectivity index is 1.44. The Morgan fingerprint density at radius 3 is 2.91 bits per heavy atom. The van der Waals surface area contributed by atoms with Crippen LogP contribution in [0, 0.1) is 5.82 Å². The number of thioether (sulfide) groups is 1. The highest BCUT2D eigenvalue weighted by Crippen LogP contribution is 2.28.